The van der Waals surface area contributed by atoms with Gasteiger partial charge in [-0.25, -0.2) is 0 Å². The van der Waals surface area contributed by atoms with Crippen molar-refractivity contribution in [2.24, 2.45) is 5.92 Å². The quantitative estimate of drug-likeness (QED) is 0.618. The fourth-order valence-electron chi connectivity index (χ4n) is 2.77. The summed E-state index contributed by atoms with van der Waals surface area (Å²) in [6.45, 7) is 6.36. The van der Waals surface area contributed by atoms with Crippen LogP contribution in [-0.2, 0) is 16.1 Å². The van der Waals surface area contributed by atoms with Crippen LogP contribution >= 0.6 is 11.6 Å². The van der Waals surface area contributed by atoms with Gasteiger partial charge < -0.3 is 19.7 Å². The maximum atomic E-state index is 13.0. The minimum atomic E-state index is -0.658. The highest BCUT2D eigenvalue weighted by molar-refractivity contribution is 6.30. The number of nitrogens with zero attached hydrogens (tertiary/aromatic N) is 1. The molecule has 0 heterocycles. The molecule has 0 bridgehead atoms. The summed E-state index contributed by atoms with van der Waals surface area (Å²) < 4.78 is 10.8. The zero-order valence-electron chi connectivity index (χ0n) is 17.9. The van der Waals surface area contributed by atoms with Crippen molar-refractivity contribution in [3.05, 3.63) is 59.1 Å². The van der Waals surface area contributed by atoms with E-state index in [1.807, 2.05) is 26.0 Å². The molecule has 2 rings (SSSR count). The van der Waals surface area contributed by atoms with Crippen molar-refractivity contribution in [2.75, 3.05) is 20.3 Å². The van der Waals surface area contributed by atoms with Crippen LogP contribution in [0.25, 0.3) is 0 Å². The number of hydrogen-bond acceptors (Lipinski definition) is 4. The molecule has 0 saturated carbocycles. The van der Waals surface area contributed by atoms with E-state index in [2.05, 4.69) is 5.32 Å². The molecule has 2 aromatic carbocycles. The first-order chi connectivity index (χ1) is 14.3. The van der Waals surface area contributed by atoms with E-state index in [0.29, 0.717) is 29.0 Å². The molecule has 0 saturated heterocycles. The van der Waals surface area contributed by atoms with Crippen LogP contribution in [0, 0.1) is 5.92 Å². The zero-order chi connectivity index (χ0) is 22.1. The summed E-state index contributed by atoms with van der Waals surface area (Å²) in [5.41, 5.74) is 0.837. The van der Waals surface area contributed by atoms with Gasteiger partial charge in [-0.15, -0.1) is 0 Å². The second-order valence-corrected chi connectivity index (χ2v) is 7.87. The summed E-state index contributed by atoms with van der Waals surface area (Å²) >= 11 is 6.08. The van der Waals surface area contributed by atoms with E-state index in [9.17, 15) is 9.59 Å². The Morgan fingerprint density at radius 3 is 2.33 bits per heavy atom. The summed E-state index contributed by atoms with van der Waals surface area (Å²) in [6.07, 6.45) is 0. The Kier molecular flexibility index (Phi) is 8.99. The van der Waals surface area contributed by atoms with Gasteiger partial charge in [-0.3, -0.25) is 9.59 Å². The standard InChI is InChI=1S/C23H29ClN2O4/c1-16(2)13-25-23(28)17(3)26(14-18-6-5-7-19(24)12-18)22(27)15-30-21-10-8-20(29-4)9-11-21/h5-12,16-17H,13-15H2,1-4H3,(H,25,28)/t17-/m1/s1. The van der Waals surface area contributed by atoms with Gasteiger partial charge in [-0.1, -0.05) is 37.6 Å². The number of halogens is 1. The van der Waals surface area contributed by atoms with Crippen LogP contribution in [0.2, 0.25) is 5.02 Å². The Morgan fingerprint density at radius 2 is 1.73 bits per heavy atom. The van der Waals surface area contributed by atoms with Crippen LogP contribution in [0.3, 0.4) is 0 Å². The molecule has 7 heteroatoms. The molecule has 0 aliphatic rings. The van der Waals surface area contributed by atoms with Gasteiger partial charge in [0.25, 0.3) is 5.91 Å². The lowest BCUT2D eigenvalue weighted by atomic mass is 10.1. The first kappa shape index (κ1) is 23.5. The van der Waals surface area contributed by atoms with Crippen LogP contribution in [0.1, 0.15) is 26.3 Å². The maximum Gasteiger partial charge on any atom is 0.261 e. The predicted molar refractivity (Wildman–Crippen MR) is 118 cm³/mol. The third-order valence-electron chi connectivity index (χ3n) is 4.52. The molecular weight excluding hydrogens is 404 g/mol. The molecule has 30 heavy (non-hydrogen) atoms. The number of ether oxygens (including phenoxy) is 2. The normalized spacial score (nSPS) is 11.7. The first-order valence-corrected chi connectivity index (χ1v) is 10.3. The first-order valence-electron chi connectivity index (χ1n) is 9.88. The van der Waals surface area contributed by atoms with E-state index in [4.69, 9.17) is 21.1 Å². The third kappa shape index (κ3) is 7.26. The number of nitrogens with one attached hydrogen (secondary N) is 1. The Bertz CT molecular complexity index is 839. The molecule has 0 spiro atoms. The van der Waals surface area contributed by atoms with E-state index in [1.165, 1.54) is 4.90 Å². The van der Waals surface area contributed by atoms with Gasteiger partial charge in [0.15, 0.2) is 6.61 Å². The number of amides is 2. The van der Waals surface area contributed by atoms with Crippen LogP contribution in [0.15, 0.2) is 48.5 Å². The molecule has 0 unspecified atom stereocenters. The van der Waals surface area contributed by atoms with Crippen molar-refractivity contribution in [1.29, 1.82) is 0 Å². The Hall–Kier alpha value is -2.73. The lowest BCUT2D eigenvalue weighted by Gasteiger charge is -2.29. The fourth-order valence-corrected chi connectivity index (χ4v) is 2.98. The number of methoxy groups -OCH3 is 1. The van der Waals surface area contributed by atoms with Gasteiger partial charge >= 0.3 is 0 Å². The molecule has 162 valence electrons. The van der Waals surface area contributed by atoms with E-state index in [1.54, 1.807) is 50.4 Å². The van der Waals surface area contributed by atoms with Gasteiger partial charge in [0.2, 0.25) is 5.91 Å². The summed E-state index contributed by atoms with van der Waals surface area (Å²) in [5, 5.41) is 3.46. The van der Waals surface area contributed by atoms with E-state index >= 15 is 0 Å². The average Bonchev–Trinajstić information content (AvgIpc) is 2.74. The molecule has 1 N–H and O–H groups in total. The molecule has 1 atom stereocenters. The van der Waals surface area contributed by atoms with Crippen LogP contribution in [0.4, 0.5) is 0 Å². The molecule has 0 radical (unpaired) electrons. The monoisotopic (exact) mass is 432 g/mol. The highest BCUT2D eigenvalue weighted by Crippen LogP contribution is 2.18. The number of carbonyl (C=O) groups is 2. The topological polar surface area (TPSA) is 67.9 Å². The molecule has 2 aromatic rings. The van der Waals surface area contributed by atoms with Crippen molar-refractivity contribution in [3.8, 4) is 11.5 Å². The fraction of sp³-hybridized carbons (Fsp3) is 0.391. The SMILES string of the molecule is COc1ccc(OCC(=O)N(Cc2cccc(Cl)c2)[C@H](C)C(=O)NCC(C)C)cc1. The highest BCUT2D eigenvalue weighted by atomic mass is 35.5. The highest BCUT2D eigenvalue weighted by Gasteiger charge is 2.26. The minimum Gasteiger partial charge on any atom is -0.497 e. The predicted octanol–water partition coefficient (Wildman–Crippen LogP) is 3.92. The lowest BCUT2D eigenvalue weighted by molar-refractivity contribution is -0.142. The van der Waals surface area contributed by atoms with E-state index in [-0.39, 0.29) is 25.0 Å². The van der Waals surface area contributed by atoms with Crippen molar-refractivity contribution in [2.45, 2.75) is 33.4 Å². The summed E-state index contributed by atoms with van der Waals surface area (Å²) in [4.78, 5) is 27.1. The number of hydrogen-bond donors (Lipinski definition) is 1. The minimum absolute atomic E-state index is 0.186. The molecule has 0 aliphatic carbocycles. The number of carbonyl (C=O) groups excluding carboxylic acids is 2. The summed E-state index contributed by atoms with van der Waals surface area (Å²) in [5.74, 6) is 1.06. The number of benzene rings is 2. The van der Waals surface area contributed by atoms with Gasteiger partial charge in [0, 0.05) is 18.1 Å². The van der Waals surface area contributed by atoms with E-state index < -0.39 is 6.04 Å². The molecule has 0 aliphatic heterocycles. The summed E-state index contributed by atoms with van der Waals surface area (Å²) in [6, 6.07) is 13.5. The largest absolute Gasteiger partial charge is 0.497 e. The van der Waals surface area contributed by atoms with Crippen LogP contribution < -0.4 is 14.8 Å². The molecule has 0 fully saturated rings. The smallest absolute Gasteiger partial charge is 0.261 e. The van der Waals surface area contributed by atoms with Crippen molar-refractivity contribution in [3.63, 3.8) is 0 Å². The van der Waals surface area contributed by atoms with Gasteiger partial charge in [0.1, 0.15) is 17.5 Å². The third-order valence-corrected chi connectivity index (χ3v) is 4.75. The Balaban J connectivity index is 2.11. The maximum absolute atomic E-state index is 13.0. The van der Waals surface area contributed by atoms with Crippen molar-refractivity contribution >= 4 is 23.4 Å². The second kappa shape index (κ2) is 11.5. The van der Waals surface area contributed by atoms with E-state index in [0.717, 1.165) is 5.56 Å². The van der Waals surface area contributed by atoms with Crippen LogP contribution in [-0.4, -0.2) is 43.0 Å². The molecule has 2 amide bonds. The van der Waals surface area contributed by atoms with Crippen LogP contribution in [0.5, 0.6) is 11.5 Å². The average molecular weight is 433 g/mol. The van der Waals surface area contributed by atoms with Gasteiger partial charge in [0.05, 0.1) is 7.11 Å². The van der Waals surface area contributed by atoms with Gasteiger partial charge in [-0.2, -0.15) is 0 Å². The lowest BCUT2D eigenvalue weighted by Crippen LogP contribution is -2.49. The zero-order valence-corrected chi connectivity index (χ0v) is 18.6. The van der Waals surface area contributed by atoms with Crippen molar-refractivity contribution in [1.82, 2.24) is 10.2 Å². The molecule has 6 nitrogen and oxygen atoms in total. The molecule has 0 aromatic heterocycles. The summed E-state index contributed by atoms with van der Waals surface area (Å²) in [7, 11) is 1.58. The van der Waals surface area contributed by atoms with Crippen molar-refractivity contribution < 1.29 is 19.1 Å². The Labute approximate surface area is 183 Å². The van der Waals surface area contributed by atoms with Gasteiger partial charge in [-0.05, 0) is 54.8 Å². The Morgan fingerprint density at radius 1 is 1.07 bits per heavy atom. The number of rotatable bonds is 10. The second-order valence-electron chi connectivity index (χ2n) is 7.43. The molecular formula is C23H29ClN2O4.